The van der Waals surface area contributed by atoms with Crippen molar-refractivity contribution in [3.8, 4) is 0 Å². The van der Waals surface area contributed by atoms with Gasteiger partial charge in [-0.25, -0.2) is 4.57 Å². The van der Waals surface area contributed by atoms with Crippen LogP contribution in [0.4, 0.5) is 0 Å². The summed E-state index contributed by atoms with van der Waals surface area (Å²) in [5.41, 5.74) is 0. The number of aliphatic hydroxyl groups excluding tert-OH is 1. The second kappa shape index (κ2) is 46.3. The summed E-state index contributed by atoms with van der Waals surface area (Å²) in [6.07, 6.45) is 67.7. The van der Waals surface area contributed by atoms with Gasteiger partial charge in [0.2, 0.25) is 5.91 Å². The van der Waals surface area contributed by atoms with Crippen LogP contribution in [0.2, 0.25) is 0 Å². The lowest BCUT2D eigenvalue weighted by atomic mass is 10.0. The number of hydrogen-bond donors (Lipinski definition) is 3. The summed E-state index contributed by atoms with van der Waals surface area (Å²) in [4.78, 5) is 23.1. The van der Waals surface area contributed by atoms with Gasteiger partial charge < -0.3 is 19.8 Å². The molecular weight excluding hydrogens is 828 g/mol. The number of unbranched alkanes of at least 4 members (excludes halogenated alkanes) is 16. The van der Waals surface area contributed by atoms with Crippen molar-refractivity contribution in [2.45, 2.75) is 199 Å². The van der Waals surface area contributed by atoms with E-state index in [2.05, 4.69) is 116 Å². The number of amides is 1. The number of hydrogen-bond acceptors (Lipinski definition) is 5. The Hall–Kier alpha value is -2.84. The molecule has 65 heavy (non-hydrogen) atoms. The molecule has 0 saturated carbocycles. The predicted octanol–water partition coefficient (Wildman–Crippen LogP) is 15.3. The highest BCUT2D eigenvalue weighted by Gasteiger charge is 2.27. The van der Waals surface area contributed by atoms with Gasteiger partial charge in [0.1, 0.15) is 13.2 Å². The van der Waals surface area contributed by atoms with Crippen LogP contribution in [0, 0.1) is 0 Å². The summed E-state index contributed by atoms with van der Waals surface area (Å²) in [7, 11) is 1.55. The van der Waals surface area contributed by atoms with Gasteiger partial charge in [0, 0.05) is 6.42 Å². The number of quaternary nitrogens is 1. The molecule has 0 aromatic carbocycles. The first-order valence-electron chi connectivity index (χ1n) is 25.8. The van der Waals surface area contributed by atoms with Crippen LogP contribution in [0.3, 0.4) is 0 Å². The summed E-state index contributed by atoms with van der Waals surface area (Å²) in [5.74, 6) is -0.191. The fourth-order valence-electron chi connectivity index (χ4n) is 6.70. The highest BCUT2D eigenvalue weighted by atomic mass is 31.2. The van der Waals surface area contributed by atoms with E-state index in [0.717, 1.165) is 96.3 Å². The minimum absolute atomic E-state index is 0.0552. The van der Waals surface area contributed by atoms with E-state index >= 15 is 0 Å². The Morgan fingerprint density at radius 3 is 1.35 bits per heavy atom. The Kier molecular flexibility index (Phi) is 44.3. The van der Waals surface area contributed by atoms with Gasteiger partial charge in [0.15, 0.2) is 0 Å². The second-order valence-electron chi connectivity index (χ2n) is 18.2. The summed E-state index contributed by atoms with van der Waals surface area (Å²) in [6, 6.07) is -0.853. The zero-order valence-corrected chi connectivity index (χ0v) is 43.1. The van der Waals surface area contributed by atoms with E-state index in [4.69, 9.17) is 9.05 Å². The van der Waals surface area contributed by atoms with E-state index < -0.39 is 20.0 Å². The van der Waals surface area contributed by atoms with Gasteiger partial charge in [-0.1, -0.05) is 207 Å². The summed E-state index contributed by atoms with van der Waals surface area (Å²) >= 11 is 0. The van der Waals surface area contributed by atoms with Crippen LogP contribution in [0.25, 0.3) is 0 Å². The molecule has 0 aliphatic heterocycles. The van der Waals surface area contributed by atoms with Crippen LogP contribution in [0.1, 0.15) is 187 Å². The summed E-state index contributed by atoms with van der Waals surface area (Å²) < 4.78 is 23.5. The number of nitrogens with one attached hydrogen (secondary N) is 1. The van der Waals surface area contributed by atoms with E-state index in [9.17, 15) is 19.4 Å². The van der Waals surface area contributed by atoms with Crippen LogP contribution < -0.4 is 5.32 Å². The summed E-state index contributed by atoms with van der Waals surface area (Å²) in [5, 5.41) is 13.8. The first kappa shape index (κ1) is 62.2. The smallest absolute Gasteiger partial charge is 0.387 e. The lowest BCUT2D eigenvalue weighted by Gasteiger charge is -2.25. The molecule has 1 amide bonds. The van der Waals surface area contributed by atoms with Gasteiger partial charge in [-0.3, -0.25) is 13.8 Å². The number of aliphatic hydroxyl groups is 1. The number of carbonyl (C=O) groups is 1. The van der Waals surface area contributed by atoms with E-state index in [0.29, 0.717) is 17.4 Å². The predicted molar refractivity (Wildman–Crippen MR) is 281 cm³/mol. The molecule has 3 N–H and O–H groups in total. The number of carbonyl (C=O) groups excluding carboxylic acids is 1. The van der Waals surface area contributed by atoms with Crippen molar-refractivity contribution in [1.29, 1.82) is 0 Å². The highest BCUT2D eigenvalue weighted by molar-refractivity contribution is 7.47. The number of likely N-dealkylation sites (N-methyl/N-ethyl adjacent to an activating group) is 1. The van der Waals surface area contributed by atoms with Crippen molar-refractivity contribution in [3.63, 3.8) is 0 Å². The fraction of sp³-hybridized carbons (Fsp3) is 0.661. The normalized spacial score (nSPS) is 15.0. The van der Waals surface area contributed by atoms with Crippen molar-refractivity contribution >= 4 is 13.7 Å². The topological polar surface area (TPSA) is 105 Å². The molecule has 3 unspecified atom stereocenters. The first-order chi connectivity index (χ1) is 31.5. The molecule has 9 heteroatoms. The van der Waals surface area contributed by atoms with E-state index in [1.165, 1.54) is 70.6 Å². The largest absolute Gasteiger partial charge is 0.472 e. The van der Waals surface area contributed by atoms with Crippen molar-refractivity contribution in [1.82, 2.24) is 5.32 Å². The third-order valence-electron chi connectivity index (χ3n) is 10.7. The van der Waals surface area contributed by atoms with Gasteiger partial charge in [0.25, 0.3) is 0 Å². The van der Waals surface area contributed by atoms with Crippen LogP contribution in [-0.4, -0.2) is 73.4 Å². The van der Waals surface area contributed by atoms with Gasteiger partial charge in [-0.2, -0.15) is 0 Å². The molecule has 0 aromatic rings. The fourth-order valence-corrected chi connectivity index (χ4v) is 7.44. The van der Waals surface area contributed by atoms with Crippen LogP contribution in [-0.2, 0) is 18.4 Å². The monoisotopic (exact) mass is 926 g/mol. The van der Waals surface area contributed by atoms with Gasteiger partial charge >= 0.3 is 7.82 Å². The Morgan fingerprint density at radius 1 is 0.538 bits per heavy atom. The van der Waals surface area contributed by atoms with E-state index in [-0.39, 0.29) is 19.1 Å². The molecular formula is C56H98N2O6P+. The first-order valence-corrected chi connectivity index (χ1v) is 27.3. The molecule has 8 nitrogen and oxygen atoms in total. The van der Waals surface area contributed by atoms with Crippen molar-refractivity contribution in [3.05, 3.63) is 109 Å². The Morgan fingerprint density at radius 2 is 0.923 bits per heavy atom. The SMILES string of the molecule is CC/C=C\C/C=C\C/C=C\C/C=C\C/C=C\C/C=C\C/C=C\C/C=C\CCCCCCCCCCCCC(=O)NC(COP(=O)(O)OCC[N+](C)(C)C)C(O)/C=C/CCCCCCCC. The third-order valence-corrected chi connectivity index (χ3v) is 11.7. The standard InChI is InChI=1S/C56H97N2O6P/c1-6-8-10-12-14-16-17-18-19-20-21-22-23-24-25-26-27-28-29-30-31-32-33-34-35-36-37-38-39-40-41-42-44-46-48-50-56(60)57-54(53-64-65(61,62)63-52-51-58(3,4)5)55(59)49-47-45-43-15-13-11-9-7-2/h8,10,14,16,18-19,21-22,24-25,27-28,30-31,33-34,47,49,54-55,59H,6-7,9,11-13,15,17,20,23,26,29,32,35-46,48,50-53H2,1-5H3,(H-,57,60,61,62)/p+1/b10-8-,16-14-,19-18-,22-21-,25-24-,28-27-,31-30-,34-33-,49-47+. The molecule has 0 aliphatic rings. The molecule has 0 heterocycles. The van der Waals surface area contributed by atoms with E-state index in [1.807, 2.05) is 27.2 Å². The van der Waals surface area contributed by atoms with Crippen molar-refractivity contribution in [2.75, 3.05) is 40.9 Å². The van der Waals surface area contributed by atoms with Crippen LogP contribution >= 0.6 is 7.82 Å². The van der Waals surface area contributed by atoms with Gasteiger partial charge in [0.05, 0.1) is 39.9 Å². The van der Waals surface area contributed by atoms with Crippen molar-refractivity contribution in [2.24, 2.45) is 0 Å². The molecule has 372 valence electrons. The Labute approximate surface area is 400 Å². The zero-order valence-electron chi connectivity index (χ0n) is 42.2. The molecule has 0 fully saturated rings. The van der Waals surface area contributed by atoms with Crippen molar-refractivity contribution < 1.29 is 32.9 Å². The maximum absolute atomic E-state index is 12.9. The molecule has 0 bridgehead atoms. The van der Waals surface area contributed by atoms with Gasteiger partial charge in [-0.15, -0.1) is 0 Å². The number of rotatable bonds is 45. The molecule has 3 atom stereocenters. The average Bonchev–Trinajstić information content (AvgIpc) is 3.26. The number of nitrogens with zero attached hydrogens (tertiary/aromatic N) is 1. The Bertz CT molecular complexity index is 1420. The maximum Gasteiger partial charge on any atom is 0.472 e. The number of phosphoric acid groups is 1. The minimum atomic E-state index is -4.34. The summed E-state index contributed by atoms with van der Waals surface area (Å²) in [6.45, 7) is 4.63. The zero-order chi connectivity index (χ0) is 47.8. The molecule has 0 aliphatic carbocycles. The van der Waals surface area contributed by atoms with Crippen LogP contribution in [0.5, 0.6) is 0 Å². The Balaban J connectivity index is 4.05. The van der Waals surface area contributed by atoms with Crippen LogP contribution in [0.15, 0.2) is 109 Å². The molecule has 0 saturated heterocycles. The number of allylic oxidation sites excluding steroid dienone is 17. The molecule has 0 aromatic heterocycles. The highest BCUT2D eigenvalue weighted by Crippen LogP contribution is 2.43. The minimum Gasteiger partial charge on any atom is -0.387 e. The van der Waals surface area contributed by atoms with E-state index in [1.54, 1.807) is 6.08 Å². The quantitative estimate of drug-likeness (QED) is 0.0243. The molecule has 0 radical (unpaired) electrons. The van der Waals surface area contributed by atoms with Gasteiger partial charge in [-0.05, 0) is 83.5 Å². The number of phosphoric ester groups is 1. The average molecular weight is 926 g/mol. The molecule has 0 rings (SSSR count). The third kappa shape index (κ3) is 48.9. The second-order valence-corrected chi connectivity index (χ2v) is 19.6. The maximum atomic E-state index is 12.9. The molecule has 0 spiro atoms. The lowest BCUT2D eigenvalue weighted by Crippen LogP contribution is -2.45. The lowest BCUT2D eigenvalue weighted by molar-refractivity contribution is -0.870.